The molecule has 0 aliphatic heterocycles. The fourth-order valence-corrected chi connectivity index (χ4v) is 7.02. The molecule has 1 saturated carbocycles. The molecule has 290 valence electrons. The van der Waals surface area contributed by atoms with Gasteiger partial charge >= 0.3 is 24.6 Å². The van der Waals surface area contributed by atoms with Crippen LogP contribution in [0.1, 0.15) is 66.9 Å². The zero-order chi connectivity index (χ0) is 39.1. The van der Waals surface area contributed by atoms with Crippen LogP contribution < -0.4 is 19.5 Å². The number of pyridine rings is 1. The summed E-state index contributed by atoms with van der Waals surface area (Å²) in [5.74, 6) is -1.58. The van der Waals surface area contributed by atoms with Gasteiger partial charge in [0.25, 0.3) is 0 Å². The van der Waals surface area contributed by atoms with Crippen molar-refractivity contribution in [3.63, 3.8) is 0 Å². The average Bonchev–Trinajstić information content (AvgIpc) is 3.92. The maximum Gasteiger partial charge on any atom is 0.407 e. The summed E-state index contributed by atoms with van der Waals surface area (Å²) in [6.45, 7) is -1.66. The molecule has 15 heteroatoms. The number of fused-ring (bicyclic) bond motifs is 3. The highest BCUT2D eigenvalue weighted by atomic mass is 35.5. The van der Waals surface area contributed by atoms with Gasteiger partial charge in [-0.25, -0.2) is 9.59 Å². The van der Waals surface area contributed by atoms with E-state index < -0.39 is 36.8 Å². The zero-order valence-electron chi connectivity index (χ0n) is 29.7. The Hall–Kier alpha value is -5.14. The molecular formula is C40H38Cl2F2N2O9. The largest absolute Gasteiger partial charge is 0.619 e. The molecule has 1 amide bonds. The third kappa shape index (κ3) is 10.3. The molecule has 1 fully saturated rings. The number of aromatic nitrogens is 1. The lowest BCUT2D eigenvalue weighted by Gasteiger charge is -2.24. The first-order chi connectivity index (χ1) is 26.5. The third-order valence-electron chi connectivity index (χ3n) is 9.30. The van der Waals surface area contributed by atoms with E-state index in [-0.39, 0.29) is 78.0 Å². The fourth-order valence-electron chi connectivity index (χ4n) is 6.42. The summed E-state index contributed by atoms with van der Waals surface area (Å²) in [6.07, 6.45) is 1.97. The molecular weight excluding hydrogens is 761 g/mol. The predicted octanol–water partition coefficient (Wildman–Crippen LogP) is 8.09. The maximum atomic E-state index is 14.0. The second-order valence-electron chi connectivity index (χ2n) is 13.3. The Morgan fingerprint density at radius 1 is 0.909 bits per heavy atom. The van der Waals surface area contributed by atoms with Crippen molar-refractivity contribution in [2.45, 2.75) is 63.7 Å². The fraction of sp³-hybridized carbons (Fsp3) is 0.350. The highest BCUT2D eigenvalue weighted by Crippen LogP contribution is 2.44. The average molecular weight is 800 g/mol. The molecule has 0 spiro atoms. The first-order valence-electron chi connectivity index (χ1n) is 17.7. The van der Waals surface area contributed by atoms with Crippen molar-refractivity contribution in [2.75, 3.05) is 19.8 Å². The number of nitrogens with one attached hydrogen (secondary N) is 1. The Morgan fingerprint density at radius 3 is 2.18 bits per heavy atom. The van der Waals surface area contributed by atoms with Gasteiger partial charge in [0.1, 0.15) is 28.8 Å². The highest BCUT2D eigenvalue weighted by molar-refractivity contribution is 6.35. The van der Waals surface area contributed by atoms with Crippen LogP contribution in [0.15, 0.2) is 79.1 Å². The SMILES string of the molecule is CC(=O)OCCCC(NC(=O)OCC1c2ccccc2-c2ccccc21)C(=O)OC(Cc1c(Cl)c[n+]([O-])cc1Cl)c1ccc(OC(F)F)c(OCC2CC2)c1. The van der Waals surface area contributed by atoms with Crippen molar-refractivity contribution >= 4 is 41.2 Å². The van der Waals surface area contributed by atoms with E-state index in [9.17, 15) is 28.4 Å². The molecule has 55 heavy (non-hydrogen) atoms. The molecule has 0 saturated heterocycles. The number of benzene rings is 3. The number of esters is 2. The van der Waals surface area contributed by atoms with Crippen LogP contribution >= 0.6 is 23.2 Å². The molecule has 2 aliphatic carbocycles. The lowest BCUT2D eigenvalue weighted by molar-refractivity contribution is -0.605. The van der Waals surface area contributed by atoms with Gasteiger partial charge in [0.2, 0.25) is 0 Å². The first-order valence-corrected chi connectivity index (χ1v) is 18.5. The summed E-state index contributed by atoms with van der Waals surface area (Å²) < 4.78 is 54.4. The van der Waals surface area contributed by atoms with Gasteiger partial charge in [-0.3, -0.25) is 4.79 Å². The van der Waals surface area contributed by atoms with Crippen molar-refractivity contribution in [3.05, 3.63) is 117 Å². The van der Waals surface area contributed by atoms with Crippen molar-refractivity contribution < 1.29 is 51.6 Å². The highest BCUT2D eigenvalue weighted by Gasteiger charge is 2.32. The van der Waals surface area contributed by atoms with Crippen LogP contribution in [-0.4, -0.2) is 50.5 Å². The van der Waals surface area contributed by atoms with Gasteiger partial charge in [0.05, 0.1) is 13.2 Å². The summed E-state index contributed by atoms with van der Waals surface area (Å²) in [6, 6.07) is 18.5. The van der Waals surface area contributed by atoms with Crippen LogP contribution in [0.2, 0.25) is 10.0 Å². The molecule has 1 N–H and O–H groups in total. The second kappa shape index (κ2) is 18.0. The van der Waals surface area contributed by atoms with E-state index in [0.717, 1.165) is 47.5 Å². The number of hydrogen-bond acceptors (Lipinski definition) is 9. The Labute approximate surface area is 326 Å². The molecule has 1 aromatic heterocycles. The molecule has 0 bridgehead atoms. The van der Waals surface area contributed by atoms with Gasteiger partial charge < -0.3 is 34.2 Å². The summed E-state index contributed by atoms with van der Waals surface area (Å²) in [5, 5.41) is 14.6. The van der Waals surface area contributed by atoms with Gasteiger partial charge in [-0.2, -0.15) is 13.5 Å². The van der Waals surface area contributed by atoms with E-state index in [1.165, 1.54) is 25.1 Å². The number of alkyl halides is 2. The van der Waals surface area contributed by atoms with Crippen LogP contribution in [0.5, 0.6) is 11.5 Å². The number of rotatable bonds is 17. The number of carbonyl (C=O) groups is 3. The smallest absolute Gasteiger partial charge is 0.407 e. The molecule has 6 rings (SSSR count). The lowest BCUT2D eigenvalue weighted by atomic mass is 9.98. The standard InChI is InChI=1S/C40H38Cl2F2N2O9/c1-23(47)51-16-6-11-34(45-40(49)53-22-31-28-9-4-2-7-26(28)27-8-3-5-10-29(27)31)38(48)54-36(18-30-32(41)19-46(50)20-33(30)42)25-14-15-35(55-39(43)44)37(17-25)52-21-24-12-13-24/h2-5,7-10,14-15,17,19-20,24,31,34,36,39H,6,11-13,16,18,21-22H2,1H3,(H,45,49). The first kappa shape index (κ1) is 39.6. The molecule has 1 heterocycles. The summed E-state index contributed by atoms with van der Waals surface area (Å²) in [5.41, 5.74) is 4.65. The van der Waals surface area contributed by atoms with Gasteiger partial charge in [-0.1, -0.05) is 77.8 Å². The van der Waals surface area contributed by atoms with E-state index in [2.05, 4.69) is 5.32 Å². The number of amides is 1. The van der Waals surface area contributed by atoms with Crippen LogP contribution in [0.4, 0.5) is 13.6 Å². The summed E-state index contributed by atoms with van der Waals surface area (Å²) in [7, 11) is 0. The van der Waals surface area contributed by atoms with Gasteiger partial charge in [0, 0.05) is 24.8 Å². The topological polar surface area (TPSA) is 136 Å². The van der Waals surface area contributed by atoms with E-state index in [4.69, 9.17) is 46.9 Å². The number of alkyl carbamates (subject to hydrolysis) is 1. The third-order valence-corrected chi connectivity index (χ3v) is 9.95. The molecule has 2 aliphatic rings. The lowest BCUT2D eigenvalue weighted by Crippen LogP contribution is -2.43. The Morgan fingerprint density at radius 2 is 1.56 bits per heavy atom. The minimum absolute atomic E-state index is 0.00287. The molecule has 2 unspecified atom stereocenters. The van der Waals surface area contributed by atoms with Crippen LogP contribution in [-0.2, 0) is 30.2 Å². The Bertz CT molecular complexity index is 1960. The predicted molar refractivity (Wildman–Crippen MR) is 197 cm³/mol. The monoisotopic (exact) mass is 798 g/mol. The van der Waals surface area contributed by atoms with Crippen molar-refractivity contribution in [1.82, 2.24) is 5.32 Å². The van der Waals surface area contributed by atoms with Crippen molar-refractivity contribution in [1.29, 1.82) is 0 Å². The second-order valence-corrected chi connectivity index (χ2v) is 14.1. The van der Waals surface area contributed by atoms with Gasteiger partial charge in [0.15, 0.2) is 23.9 Å². The van der Waals surface area contributed by atoms with Crippen LogP contribution in [0.25, 0.3) is 11.1 Å². The van der Waals surface area contributed by atoms with Crippen LogP contribution in [0.3, 0.4) is 0 Å². The Kier molecular flexibility index (Phi) is 12.9. The molecule has 11 nitrogen and oxygen atoms in total. The van der Waals surface area contributed by atoms with E-state index in [0.29, 0.717) is 10.3 Å². The normalized spacial score (nSPS) is 14.4. The van der Waals surface area contributed by atoms with Crippen molar-refractivity contribution in [2.24, 2.45) is 5.92 Å². The van der Waals surface area contributed by atoms with E-state index in [1.54, 1.807) is 0 Å². The van der Waals surface area contributed by atoms with Crippen LogP contribution in [0, 0.1) is 11.1 Å². The number of nitrogens with zero attached hydrogens (tertiary/aromatic N) is 1. The minimum atomic E-state index is -3.12. The number of ether oxygens (including phenoxy) is 5. The summed E-state index contributed by atoms with van der Waals surface area (Å²) in [4.78, 5) is 38.8. The number of halogens is 4. The number of carbonyl (C=O) groups excluding carboxylic acids is 3. The van der Waals surface area contributed by atoms with E-state index >= 15 is 0 Å². The molecule has 2 atom stereocenters. The molecule has 3 aromatic carbocycles. The quantitative estimate of drug-likeness (QED) is 0.0370. The molecule has 0 radical (unpaired) electrons. The van der Waals surface area contributed by atoms with E-state index in [1.807, 2.05) is 48.5 Å². The summed E-state index contributed by atoms with van der Waals surface area (Å²) >= 11 is 12.8. The van der Waals surface area contributed by atoms with Gasteiger partial charge in [-0.15, -0.1) is 0 Å². The van der Waals surface area contributed by atoms with Gasteiger partial charge in [-0.05, 0) is 71.6 Å². The zero-order valence-corrected chi connectivity index (χ0v) is 31.2. The molecule has 4 aromatic rings. The maximum absolute atomic E-state index is 14.0. The van der Waals surface area contributed by atoms with Crippen molar-refractivity contribution in [3.8, 4) is 22.6 Å². The minimum Gasteiger partial charge on any atom is -0.619 e. The Balaban J connectivity index is 1.24. The number of hydrogen-bond donors (Lipinski definition) is 1.